The van der Waals surface area contributed by atoms with Gasteiger partial charge in [-0.1, -0.05) is 6.07 Å². The number of carbonyl (C=O) groups is 2. The lowest BCUT2D eigenvalue weighted by atomic mass is 9.94. The van der Waals surface area contributed by atoms with Crippen molar-refractivity contribution in [3.8, 4) is 5.75 Å². The van der Waals surface area contributed by atoms with E-state index in [4.69, 9.17) is 4.74 Å². The maximum Gasteiger partial charge on any atom is 0.313 e. The molecule has 3 aromatic rings. The molecule has 1 fully saturated rings. The van der Waals surface area contributed by atoms with E-state index < -0.39 is 17.6 Å². The number of phenols is 1. The van der Waals surface area contributed by atoms with Gasteiger partial charge in [-0.15, -0.1) is 0 Å². The Morgan fingerprint density at radius 1 is 1.21 bits per heavy atom. The van der Waals surface area contributed by atoms with Crippen LogP contribution in [-0.4, -0.2) is 27.7 Å². The van der Waals surface area contributed by atoms with Gasteiger partial charge in [0.1, 0.15) is 17.7 Å². The van der Waals surface area contributed by atoms with E-state index >= 15 is 0 Å². The lowest BCUT2D eigenvalue weighted by molar-refractivity contribution is -0.154. The quantitative estimate of drug-likeness (QED) is 0.651. The van der Waals surface area contributed by atoms with Crippen LogP contribution in [-0.2, 0) is 9.53 Å². The van der Waals surface area contributed by atoms with E-state index in [0.29, 0.717) is 22.2 Å². The third-order valence-electron chi connectivity index (χ3n) is 5.63. The summed E-state index contributed by atoms with van der Waals surface area (Å²) in [6.07, 6.45) is 2.76. The lowest BCUT2D eigenvalue weighted by Gasteiger charge is -2.26. The molecule has 1 heterocycles. The van der Waals surface area contributed by atoms with Gasteiger partial charge in [0.15, 0.2) is 0 Å². The molecule has 5 nitrogen and oxygen atoms in total. The third kappa shape index (κ3) is 3.39. The van der Waals surface area contributed by atoms with Gasteiger partial charge in [0.05, 0.1) is 11.4 Å². The molecule has 0 aliphatic heterocycles. The lowest BCUT2D eigenvalue weighted by Crippen LogP contribution is -2.27. The first kappa shape index (κ1) is 19.2. The summed E-state index contributed by atoms with van der Waals surface area (Å²) in [5.74, 6) is -1.82. The number of nitrogens with zero attached hydrogens (tertiary/aromatic N) is 1. The Bertz CT molecular complexity index is 1110. The first-order chi connectivity index (χ1) is 13.9. The number of halogens is 1. The number of aromatic hydroxyl groups is 1. The Hall–Kier alpha value is -3.15. The Morgan fingerprint density at radius 2 is 1.97 bits per heavy atom. The van der Waals surface area contributed by atoms with Gasteiger partial charge in [-0.05, 0) is 75.1 Å². The highest BCUT2D eigenvalue weighted by Gasteiger charge is 2.30. The molecular weight excluding hydrogens is 373 g/mol. The summed E-state index contributed by atoms with van der Waals surface area (Å²) >= 11 is 0. The van der Waals surface area contributed by atoms with E-state index in [-0.39, 0.29) is 23.4 Å². The molecule has 1 unspecified atom stereocenters. The summed E-state index contributed by atoms with van der Waals surface area (Å²) in [7, 11) is 0. The molecule has 4 rings (SSSR count). The van der Waals surface area contributed by atoms with Crippen LogP contribution in [0, 0.1) is 12.7 Å². The highest BCUT2D eigenvalue weighted by atomic mass is 19.1. The molecular formula is C23H22FNO4. The van der Waals surface area contributed by atoms with Crippen molar-refractivity contribution in [3.05, 3.63) is 65.1 Å². The molecule has 1 N–H and O–H groups in total. The van der Waals surface area contributed by atoms with Crippen molar-refractivity contribution < 1.29 is 23.8 Å². The van der Waals surface area contributed by atoms with E-state index in [1.165, 1.54) is 28.8 Å². The van der Waals surface area contributed by atoms with Crippen molar-refractivity contribution in [3.63, 3.8) is 0 Å². The van der Waals surface area contributed by atoms with Crippen molar-refractivity contribution in [2.75, 3.05) is 0 Å². The van der Waals surface area contributed by atoms with Crippen LogP contribution in [0.4, 0.5) is 4.39 Å². The SMILES string of the molecule is Cc1c(C(C)C(=O)OC2CCC2)c2cc(O)ccc2n1C(=O)c1cccc(F)c1. The molecule has 1 aliphatic carbocycles. The number of ether oxygens (including phenoxy) is 1. The molecule has 150 valence electrons. The molecule has 1 saturated carbocycles. The fraction of sp³-hybridized carbons (Fsp3) is 0.304. The average molecular weight is 395 g/mol. The summed E-state index contributed by atoms with van der Waals surface area (Å²) in [5, 5.41) is 10.6. The number of hydrogen-bond acceptors (Lipinski definition) is 4. The molecule has 0 saturated heterocycles. The van der Waals surface area contributed by atoms with E-state index in [2.05, 4.69) is 0 Å². The van der Waals surface area contributed by atoms with Crippen molar-refractivity contribution in [2.45, 2.75) is 45.1 Å². The van der Waals surface area contributed by atoms with Crippen LogP contribution < -0.4 is 0 Å². The van der Waals surface area contributed by atoms with Crippen LogP contribution >= 0.6 is 0 Å². The van der Waals surface area contributed by atoms with Crippen LogP contribution in [0.2, 0.25) is 0 Å². The second-order valence-corrected chi connectivity index (χ2v) is 7.56. The van der Waals surface area contributed by atoms with Gasteiger partial charge < -0.3 is 9.84 Å². The number of aromatic nitrogens is 1. The number of benzene rings is 2. The standard InChI is InChI=1S/C23H22FNO4/c1-13(23(28)29-18-7-4-8-18)21-14(2)25(20-10-9-17(26)12-19(20)21)22(27)15-5-3-6-16(24)11-15/h3,5-6,9-13,18,26H,4,7-8H2,1-2H3. The van der Waals surface area contributed by atoms with Crippen LogP contribution in [0.5, 0.6) is 5.75 Å². The summed E-state index contributed by atoms with van der Waals surface area (Å²) < 4.78 is 20.7. The number of esters is 1. The summed E-state index contributed by atoms with van der Waals surface area (Å²) in [6.45, 7) is 3.49. The average Bonchev–Trinajstić information content (AvgIpc) is 2.94. The second kappa shape index (κ2) is 7.35. The number of carbonyl (C=O) groups excluding carboxylic acids is 2. The van der Waals surface area contributed by atoms with Crippen molar-refractivity contribution in [1.29, 1.82) is 0 Å². The molecule has 2 aromatic carbocycles. The summed E-state index contributed by atoms with van der Waals surface area (Å²) in [6, 6.07) is 10.1. The minimum absolute atomic E-state index is 0.0358. The first-order valence-electron chi connectivity index (χ1n) is 9.71. The van der Waals surface area contributed by atoms with Gasteiger partial charge in [-0.3, -0.25) is 14.2 Å². The molecule has 1 aliphatic rings. The van der Waals surface area contributed by atoms with Gasteiger partial charge in [0.2, 0.25) is 0 Å². The molecule has 29 heavy (non-hydrogen) atoms. The van der Waals surface area contributed by atoms with E-state index in [9.17, 15) is 19.1 Å². The van der Waals surface area contributed by atoms with Crippen LogP contribution in [0.3, 0.4) is 0 Å². The summed E-state index contributed by atoms with van der Waals surface area (Å²) in [4.78, 5) is 25.9. The summed E-state index contributed by atoms with van der Waals surface area (Å²) in [5.41, 5.74) is 1.95. The minimum atomic E-state index is -0.610. The normalized spacial score (nSPS) is 15.1. The van der Waals surface area contributed by atoms with Gasteiger partial charge in [0.25, 0.3) is 5.91 Å². The second-order valence-electron chi connectivity index (χ2n) is 7.56. The number of fused-ring (bicyclic) bond motifs is 1. The van der Waals surface area contributed by atoms with Crippen molar-refractivity contribution in [2.24, 2.45) is 0 Å². The van der Waals surface area contributed by atoms with Crippen LogP contribution in [0.25, 0.3) is 10.9 Å². The molecule has 0 spiro atoms. The van der Waals surface area contributed by atoms with E-state index in [1.807, 2.05) is 0 Å². The fourth-order valence-corrected chi connectivity index (χ4v) is 3.86. The van der Waals surface area contributed by atoms with Gasteiger partial charge in [-0.2, -0.15) is 0 Å². The zero-order chi connectivity index (χ0) is 20.7. The number of hydrogen-bond donors (Lipinski definition) is 1. The smallest absolute Gasteiger partial charge is 0.313 e. The van der Waals surface area contributed by atoms with E-state index in [0.717, 1.165) is 19.3 Å². The van der Waals surface area contributed by atoms with Gasteiger partial charge >= 0.3 is 5.97 Å². The maximum absolute atomic E-state index is 13.7. The van der Waals surface area contributed by atoms with E-state index in [1.54, 1.807) is 32.0 Å². The first-order valence-corrected chi connectivity index (χ1v) is 9.71. The largest absolute Gasteiger partial charge is 0.508 e. The zero-order valence-electron chi connectivity index (χ0n) is 16.3. The minimum Gasteiger partial charge on any atom is -0.508 e. The highest BCUT2D eigenvalue weighted by molar-refractivity contribution is 6.05. The topological polar surface area (TPSA) is 68.5 Å². The highest BCUT2D eigenvalue weighted by Crippen LogP contribution is 2.36. The Kier molecular flexibility index (Phi) is 4.86. The Balaban J connectivity index is 1.82. The predicted molar refractivity (Wildman–Crippen MR) is 107 cm³/mol. The Morgan fingerprint density at radius 3 is 2.62 bits per heavy atom. The molecule has 6 heteroatoms. The molecule has 0 bridgehead atoms. The number of rotatable bonds is 4. The molecule has 1 atom stereocenters. The predicted octanol–water partition coefficient (Wildman–Crippen LogP) is 4.68. The monoisotopic (exact) mass is 395 g/mol. The van der Waals surface area contributed by atoms with Crippen LogP contribution in [0.15, 0.2) is 42.5 Å². The molecule has 0 amide bonds. The molecule has 0 radical (unpaired) electrons. The van der Waals surface area contributed by atoms with Crippen LogP contribution in [0.1, 0.15) is 53.7 Å². The van der Waals surface area contributed by atoms with Crippen molar-refractivity contribution >= 4 is 22.8 Å². The Labute approximate surface area is 167 Å². The maximum atomic E-state index is 13.7. The van der Waals surface area contributed by atoms with Gasteiger partial charge in [0, 0.05) is 16.6 Å². The zero-order valence-corrected chi connectivity index (χ0v) is 16.3. The number of phenolic OH excluding ortho intramolecular Hbond substituents is 1. The fourth-order valence-electron chi connectivity index (χ4n) is 3.86. The van der Waals surface area contributed by atoms with Gasteiger partial charge in [-0.25, -0.2) is 4.39 Å². The molecule has 1 aromatic heterocycles. The van der Waals surface area contributed by atoms with Crippen molar-refractivity contribution in [1.82, 2.24) is 4.57 Å². The third-order valence-corrected chi connectivity index (χ3v) is 5.63.